The molecule has 2 aliphatic rings. The maximum Gasteiger partial charge on any atom is 0.433 e. The molecule has 0 aliphatic carbocycles. The van der Waals surface area contributed by atoms with Gasteiger partial charge >= 0.3 is 6.18 Å². The van der Waals surface area contributed by atoms with Gasteiger partial charge in [-0.25, -0.2) is 4.39 Å². The van der Waals surface area contributed by atoms with E-state index in [1.54, 1.807) is 4.90 Å². The highest BCUT2D eigenvalue weighted by molar-refractivity contribution is 7.19. The molecule has 0 bridgehead atoms. The second-order valence-corrected chi connectivity index (χ2v) is 12.0. The maximum atomic E-state index is 14.1. The molecule has 2 saturated heterocycles. The Bertz CT molecular complexity index is 1450. The second kappa shape index (κ2) is 11.9. The maximum absolute atomic E-state index is 14.1. The molecule has 12 heteroatoms. The number of halogens is 5. The van der Waals surface area contributed by atoms with Crippen molar-refractivity contribution in [3.63, 3.8) is 0 Å². The zero-order valence-electron chi connectivity index (χ0n) is 23.5. The molecule has 3 aromatic rings. The minimum Gasteiger partial charge on any atom is -0.369 e. The van der Waals surface area contributed by atoms with Crippen LogP contribution >= 0.6 is 20.5 Å². The monoisotopic (exact) mass is 621 g/mol. The molecule has 224 valence electrons. The van der Waals surface area contributed by atoms with Crippen LogP contribution in [0.25, 0.3) is 11.1 Å². The summed E-state index contributed by atoms with van der Waals surface area (Å²) in [5.41, 5.74) is 1.08. The number of carbonyl (C=O) groups excluding carboxylic acids is 1. The van der Waals surface area contributed by atoms with Crippen molar-refractivity contribution in [3.8, 4) is 11.1 Å². The predicted octanol–water partition coefficient (Wildman–Crippen LogP) is 6.75. The third-order valence-corrected chi connectivity index (χ3v) is 8.46. The van der Waals surface area contributed by atoms with Crippen LogP contribution in [0.5, 0.6) is 0 Å². The number of piperidine rings is 1. The van der Waals surface area contributed by atoms with Crippen molar-refractivity contribution in [2.24, 2.45) is 0 Å². The molecule has 6 nitrogen and oxygen atoms in total. The average molecular weight is 622 g/mol. The molecule has 0 N–H and O–H groups in total. The highest BCUT2D eigenvalue weighted by Crippen LogP contribution is 2.39. The summed E-state index contributed by atoms with van der Waals surface area (Å²) in [5.74, 6) is 0.757. The summed E-state index contributed by atoms with van der Waals surface area (Å²) in [5, 5.41) is 4.66. The Morgan fingerprint density at radius 1 is 1.00 bits per heavy atom. The molecule has 5 rings (SSSR count). The number of aromatic nitrogens is 2. The first-order valence-electron chi connectivity index (χ1n) is 13.9. The fraction of sp³-hybridized carbons (Fsp3) is 0.433. The van der Waals surface area contributed by atoms with Crippen LogP contribution in [-0.4, -0.2) is 71.3 Å². The van der Waals surface area contributed by atoms with Crippen molar-refractivity contribution in [3.05, 3.63) is 64.9 Å². The Morgan fingerprint density at radius 3 is 2.31 bits per heavy atom. The van der Waals surface area contributed by atoms with Crippen LogP contribution in [0.15, 0.2) is 48.7 Å². The molecule has 2 fully saturated rings. The number of benzene rings is 2. The summed E-state index contributed by atoms with van der Waals surface area (Å²) in [6.07, 6.45) is -2.02. The van der Waals surface area contributed by atoms with Gasteiger partial charge in [-0.1, -0.05) is 29.8 Å². The van der Waals surface area contributed by atoms with Crippen LogP contribution in [0, 0.1) is 0 Å². The van der Waals surface area contributed by atoms with Crippen LogP contribution in [0.3, 0.4) is 0 Å². The van der Waals surface area contributed by atoms with Crippen molar-refractivity contribution in [1.29, 1.82) is 0 Å². The van der Waals surface area contributed by atoms with Crippen molar-refractivity contribution in [2.45, 2.75) is 44.6 Å². The minimum atomic E-state index is -4.54. The van der Waals surface area contributed by atoms with Gasteiger partial charge in [-0.3, -0.25) is 9.48 Å². The van der Waals surface area contributed by atoms with Gasteiger partial charge in [0.1, 0.15) is 5.69 Å². The number of carbonyl (C=O) groups is 1. The number of hydrogen-bond donors (Lipinski definition) is 0. The van der Waals surface area contributed by atoms with Crippen molar-refractivity contribution < 1.29 is 22.4 Å². The Kier molecular flexibility index (Phi) is 8.59. The number of alkyl halides is 4. The summed E-state index contributed by atoms with van der Waals surface area (Å²) in [6, 6.07) is 13.2. The molecule has 0 saturated carbocycles. The first kappa shape index (κ1) is 30.4. The second-order valence-electron chi connectivity index (χ2n) is 11.2. The first-order valence-corrected chi connectivity index (χ1v) is 14.9. The molecule has 3 heterocycles. The molecule has 2 aliphatic heterocycles. The van der Waals surface area contributed by atoms with E-state index < -0.39 is 29.5 Å². The van der Waals surface area contributed by atoms with E-state index in [-0.39, 0.29) is 5.56 Å². The molecule has 42 heavy (non-hydrogen) atoms. The van der Waals surface area contributed by atoms with Gasteiger partial charge in [0.2, 0.25) is 0 Å². The largest absolute Gasteiger partial charge is 0.433 e. The zero-order chi connectivity index (χ0) is 30.2. The van der Waals surface area contributed by atoms with Gasteiger partial charge in [-0.05, 0) is 62.3 Å². The number of nitrogens with zero attached hydrogens (tertiary/aromatic N) is 5. The lowest BCUT2D eigenvalue weighted by Gasteiger charge is -2.38. The Labute approximate surface area is 250 Å². The van der Waals surface area contributed by atoms with Gasteiger partial charge < -0.3 is 14.7 Å². The van der Waals surface area contributed by atoms with Gasteiger partial charge in [-0.15, -0.1) is 8.86 Å². The van der Waals surface area contributed by atoms with Gasteiger partial charge in [0, 0.05) is 66.8 Å². The van der Waals surface area contributed by atoms with E-state index in [1.807, 2.05) is 42.5 Å². The Balaban J connectivity index is 1.35. The van der Waals surface area contributed by atoms with E-state index >= 15 is 0 Å². The molecule has 0 radical (unpaired) electrons. The molecular weight excluding hydrogens is 589 g/mol. The SMILES string of the molecule is CC(C)(F)C(=O)N1CCN(c2ccc(-c3ccc(Cl)cc3N3CCCC(n4ncc(C=P)c4C(F)(F)F)C3)cc2)CC1. The van der Waals surface area contributed by atoms with E-state index in [4.69, 9.17) is 11.6 Å². The lowest BCUT2D eigenvalue weighted by Crippen LogP contribution is -2.53. The number of anilines is 2. The third-order valence-electron chi connectivity index (χ3n) is 7.91. The summed E-state index contributed by atoms with van der Waals surface area (Å²) >= 11 is 6.41. The number of hydrogen-bond acceptors (Lipinski definition) is 4. The first-order chi connectivity index (χ1) is 19.9. The molecule has 1 unspecified atom stereocenters. The lowest BCUT2D eigenvalue weighted by molar-refractivity contribution is -0.145. The predicted molar refractivity (Wildman–Crippen MR) is 162 cm³/mol. The summed E-state index contributed by atoms with van der Waals surface area (Å²) in [7, 11) is 3.09. The van der Waals surface area contributed by atoms with Gasteiger partial charge in [0.05, 0.1) is 12.2 Å². The van der Waals surface area contributed by atoms with Crippen LogP contribution in [-0.2, 0) is 11.0 Å². The van der Waals surface area contributed by atoms with Gasteiger partial charge in [-0.2, -0.15) is 18.3 Å². The number of rotatable bonds is 6. The molecule has 1 amide bonds. The minimum absolute atomic E-state index is 0.000843. The molecule has 1 atom stereocenters. The van der Waals surface area contributed by atoms with E-state index in [0.717, 1.165) is 27.2 Å². The zero-order valence-corrected chi connectivity index (χ0v) is 25.2. The van der Waals surface area contributed by atoms with Crippen molar-refractivity contribution in [2.75, 3.05) is 49.1 Å². The smallest absolute Gasteiger partial charge is 0.369 e. The normalized spacial score (nSPS) is 18.4. The van der Waals surface area contributed by atoms with Crippen LogP contribution in [0.1, 0.15) is 44.0 Å². The summed E-state index contributed by atoms with van der Waals surface area (Å²) in [4.78, 5) is 18.1. The average Bonchev–Trinajstić information content (AvgIpc) is 3.42. The Morgan fingerprint density at radius 2 is 1.69 bits per heavy atom. The van der Waals surface area contributed by atoms with E-state index in [1.165, 1.54) is 25.8 Å². The lowest BCUT2D eigenvalue weighted by atomic mass is 9.99. The van der Waals surface area contributed by atoms with Crippen LogP contribution in [0.2, 0.25) is 5.02 Å². The van der Waals surface area contributed by atoms with Gasteiger partial charge in [0.25, 0.3) is 5.91 Å². The fourth-order valence-corrected chi connectivity index (χ4v) is 6.21. The van der Waals surface area contributed by atoms with Gasteiger partial charge in [0.15, 0.2) is 5.67 Å². The molecule has 1 aromatic heterocycles. The highest BCUT2D eigenvalue weighted by atomic mass is 35.5. The van der Waals surface area contributed by atoms with E-state index in [0.29, 0.717) is 57.1 Å². The molecule has 0 spiro atoms. The van der Waals surface area contributed by atoms with Crippen LogP contribution < -0.4 is 9.80 Å². The summed E-state index contributed by atoms with van der Waals surface area (Å²) < 4.78 is 57.0. The van der Waals surface area contributed by atoms with Crippen molar-refractivity contribution in [1.82, 2.24) is 14.7 Å². The highest BCUT2D eigenvalue weighted by Gasteiger charge is 2.40. The fourth-order valence-electron chi connectivity index (χ4n) is 5.83. The van der Waals surface area contributed by atoms with Crippen LogP contribution in [0.4, 0.5) is 28.9 Å². The van der Waals surface area contributed by atoms with E-state index in [9.17, 15) is 22.4 Å². The Hall–Kier alpha value is -3.10. The van der Waals surface area contributed by atoms with Crippen molar-refractivity contribution >= 4 is 43.5 Å². The third kappa shape index (κ3) is 6.30. The molecular formula is C30H33ClF4N5OP. The summed E-state index contributed by atoms with van der Waals surface area (Å²) in [6.45, 7) is 5.71. The standard InChI is InChI=1S/C30H33ClF4N5OP/c1-29(2,32)28(41)38-14-12-37(13-15-38)23-8-5-20(6-9-23)25-10-7-22(31)16-26(25)39-11-3-4-24(18-39)40-27(30(33,34)35)21(19-42)17-36-40/h5-10,16-17,19,24,42H,3-4,11-15,18H2,1-2H3. The van der Waals surface area contributed by atoms with E-state index in [2.05, 4.69) is 23.8 Å². The quantitative estimate of drug-likeness (QED) is 0.226. The number of amides is 1. The number of piperazine rings is 1. The topological polar surface area (TPSA) is 44.6 Å². The molecule has 2 aromatic carbocycles.